The first kappa shape index (κ1) is 14.4. The summed E-state index contributed by atoms with van der Waals surface area (Å²) in [7, 11) is 0. The summed E-state index contributed by atoms with van der Waals surface area (Å²) in [6, 6.07) is 2.25. The van der Waals surface area contributed by atoms with E-state index in [1.807, 2.05) is 0 Å². The number of hydrogen-bond acceptors (Lipinski definition) is 1. The minimum absolute atomic E-state index is 0.00558. The van der Waals surface area contributed by atoms with Crippen molar-refractivity contribution in [3.05, 3.63) is 27.2 Å². The molecule has 0 saturated carbocycles. The number of imidazole rings is 1. The van der Waals surface area contributed by atoms with E-state index in [9.17, 15) is 22.0 Å². The Hall–Kier alpha value is -0.960. The highest BCUT2D eigenvalue weighted by Crippen LogP contribution is 2.29. The van der Waals surface area contributed by atoms with Gasteiger partial charge in [-0.3, -0.25) is 0 Å². The molecule has 9 heteroatoms. The standard InChI is InChI=1S/C10H6BrF5N2S/c11-4-1-6-7(2-5(4)12)18(9(19)17-6)3-10(15,16)8(13)14/h1-2,8H,3H2,(H,17,19). The highest BCUT2D eigenvalue weighted by atomic mass is 79.9. The van der Waals surface area contributed by atoms with Crippen molar-refractivity contribution in [2.24, 2.45) is 0 Å². The Morgan fingerprint density at radius 3 is 2.58 bits per heavy atom. The lowest BCUT2D eigenvalue weighted by Crippen LogP contribution is -2.32. The summed E-state index contributed by atoms with van der Waals surface area (Å²) < 4.78 is 64.6. The molecule has 1 aromatic heterocycles. The molecule has 2 aromatic rings. The van der Waals surface area contributed by atoms with E-state index in [4.69, 9.17) is 12.2 Å². The normalized spacial score (nSPS) is 12.6. The maximum absolute atomic E-state index is 13.4. The van der Waals surface area contributed by atoms with E-state index in [0.717, 1.165) is 10.6 Å². The maximum Gasteiger partial charge on any atom is 0.324 e. The van der Waals surface area contributed by atoms with Crippen LogP contribution in [0.1, 0.15) is 0 Å². The van der Waals surface area contributed by atoms with E-state index in [0.29, 0.717) is 0 Å². The van der Waals surface area contributed by atoms with Gasteiger partial charge in [0.05, 0.1) is 22.1 Å². The Morgan fingerprint density at radius 1 is 1.37 bits per heavy atom. The molecule has 0 saturated heterocycles. The number of nitrogens with one attached hydrogen (secondary N) is 1. The first-order valence-electron chi connectivity index (χ1n) is 4.96. The molecular formula is C10H6BrF5N2S. The van der Waals surface area contributed by atoms with Gasteiger partial charge in [0.25, 0.3) is 0 Å². The number of halogens is 6. The van der Waals surface area contributed by atoms with Crippen molar-refractivity contribution < 1.29 is 22.0 Å². The molecule has 0 amide bonds. The van der Waals surface area contributed by atoms with Crippen LogP contribution in [0.4, 0.5) is 22.0 Å². The van der Waals surface area contributed by atoms with Crippen molar-refractivity contribution in [1.82, 2.24) is 9.55 Å². The van der Waals surface area contributed by atoms with Crippen LogP contribution in [0.25, 0.3) is 11.0 Å². The molecule has 0 atom stereocenters. The van der Waals surface area contributed by atoms with E-state index < -0.39 is 24.7 Å². The quantitative estimate of drug-likeness (QED) is 0.631. The van der Waals surface area contributed by atoms with Crippen LogP contribution in [0, 0.1) is 10.6 Å². The Kier molecular flexibility index (Phi) is 3.69. The minimum Gasteiger partial charge on any atom is -0.331 e. The van der Waals surface area contributed by atoms with Crippen molar-refractivity contribution in [2.45, 2.75) is 18.9 Å². The fourth-order valence-corrected chi connectivity index (χ4v) is 2.20. The second-order valence-corrected chi connectivity index (χ2v) is 5.10. The number of H-pyrrole nitrogens is 1. The molecule has 0 fully saturated rings. The predicted octanol–water partition coefficient (Wildman–Crippen LogP) is 4.50. The lowest BCUT2D eigenvalue weighted by Gasteiger charge is -2.16. The van der Waals surface area contributed by atoms with E-state index in [-0.39, 0.29) is 20.3 Å². The number of hydrogen-bond donors (Lipinski definition) is 1. The Balaban J connectivity index is 2.58. The van der Waals surface area contributed by atoms with Gasteiger partial charge in [-0.15, -0.1) is 0 Å². The number of nitrogens with zero attached hydrogens (tertiary/aromatic N) is 1. The van der Waals surface area contributed by atoms with E-state index >= 15 is 0 Å². The number of alkyl halides is 4. The van der Waals surface area contributed by atoms with Gasteiger partial charge in [-0.2, -0.15) is 8.78 Å². The molecule has 0 aliphatic rings. The second kappa shape index (κ2) is 4.86. The largest absolute Gasteiger partial charge is 0.331 e. The van der Waals surface area contributed by atoms with Crippen molar-refractivity contribution in [2.75, 3.05) is 0 Å². The summed E-state index contributed by atoms with van der Waals surface area (Å²) in [5.41, 5.74) is 0.286. The fourth-order valence-electron chi connectivity index (χ4n) is 1.59. The van der Waals surface area contributed by atoms with Crippen LogP contribution >= 0.6 is 28.1 Å². The maximum atomic E-state index is 13.4. The van der Waals surface area contributed by atoms with E-state index in [2.05, 4.69) is 20.9 Å². The van der Waals surface area contributed by atoms with Gasteiger partial charge in [-0.25, -0.2) is 13.2 Å². The lowest BCUT2D eigenvalue weighted by atomic mass is 10.3. The Labute approximate surface area is 117 Å². The second-order valence-electron chi connectivity index (χ2n) is 3.86. The summed E-state index contributed by atoms with van der Waals surface area (Å²) in [6.45, 7) is -1.31. The number of benzene rings is 1. The SMILES string of the molecule is Fc1cc2c(cc1Br)[nH]c(=S)n2CC(F)(F)C(F)F. The molecule has 19 heavy (non-hydrogen) atoms. The van der Waals surface area contributed by atoms with Gasteiger partial charge in [-0.1, -0.05) is 0 Å². The monoisotopic (exact) mass is 360 g/mol. The number of aromatic amines is 1. The molecular weight excluding hydrogens is 355 g/mol. The van der Waals surface area contributed by atoms with Gasteiger partial charge in [0.2, 0.25) is 0 Å². The third-order valence-corrected chi connectivity index (χ3v) is 3.43. The first-order chi connectivity index (χ1) is 8.72. The summed E-state index contributed by atoms with van der Waals surface area (Å²) in [5, 5.41) is 0. The summed E-state index contributed by atoms with van der Waals surface area (Å²) in [4.78, 5) is 2.56. The van der Waals surface area contributed by atoms with Crippen LogP contribution in [-0.2, 0) is 6.54 Å². The van der Waals surface area contributed by atoms with Crippen LogP contribution in [0.15, 0.2) is 16.6 Å². The van der Waals surface area contributed by atoms with Crippen molar-refractivity contribution in [3.63, 3.8) is 0 Å². The number of aromatic nitrogens is 2. The van der Waals surface area contributed by atoms with Crippen molar-refractivity contribution in [3.8, 4) is 0 Å². The summed E-state index contributed by atoms with van der Waals surface area (Å²) >= 11 is 7.71. The number of rotatable bonds is 3. The molecule has 2 nitrogen and oxygen atoms in total. The smallest absolute Gasteiger partial charge is 0.324 e. The topological polar surface area (TPSA) is 20.7 Å². The third-order valence-electron chi connectivity index (χ3n) is 2.50. The third kappa shape index (κ3) is 2.66. The zero-order valence-electron chi connectivity index (χ0n) is 9.06. The highest BCUT2D eigenvalue weighted by molar-refractivity contribution is 9.10. The molecule has 1 N–H and O–H groups in total. The molecule has 1 heterocycles. The average Bonchev–Trinajstić information content (AvgIpc) is 2.56. The number of fused-ring (bicyclic) bond motifs is 1. The molecule has 0 aliphatic heterocycles. The molecule has 2 rings (SSSR count). The molecule has 0 radical (unpaired) electrons. The zero-order chi connectivity index (χ0) is 14.4. The van der Waals surface area contributed by atoms with Gasteiger partial charge < -0.3 is 9.55 Å². The van der Waals surface area contributed by atoms with Gasteiger partial charge in [0, 0.05) is 6.07 Å². The van der Waals surface area contributed by atoms with Gasteiger partial charge in [0.15, 0.2) is 4.77 Å². The van der Waals surface area contributed by atoms with Crippen LogP contribution < -0.4 is 0 Å². The Bertz CT molecular complexity index is 678. The fraction of sp³-hybridized carbons (Fsp3) is 0.300. The first-order valence-corrected chi connectivity index (χ1v) is 6.16. The summed E-state index contributed by atoms with van der Waals surface area (Å²) in [6.07, 6.45) is -3.82. The summed E-state index contributed by atoms with van der Waals surface area (Å²) in [5.74, 6) is -4.94. The van der Waals surface area contributed by atoms with Crippen LogP contribution in [0.2, 0.25) is 0 Å². The van der Waals surface area contributed by atoms with E-state index in [1.54, 1.807) is 0 Å². The molecule has 0 unspecified atom stereocenters. The average molecular weight is 361 g/mol. The molecule has 0 bridgehead atoms. The van der Waals surface area contributed by atoms with Crippen molar-refractivity contribution >= 4 is 39.2 Å². The van der Waals surface area contributed by atoms with Crippen LogP contribution in [-0.4, -0.2) is 21.9 Å². The Morgan fingerprint density at radius 2 is 2.00 bits per heavy atom. The van der Waals surface area contributed by atoms with E-state index in [1.165, 1.54) is 6.07 Å². The van der Waals surface area contributed by atoms with Crippen LogP contribution in [0.3, 0.4) is 0 Å². The minimum atomic E-state index is -4.24. The molecule has 1 aromatic carbocycles. The molecule has 0 aliphatic carbocycles. The van der Waals surface area contributed by atoms with Crippen LogP contribution in [0.5, 0.6) is 0 Å². The lowest BCUT2D eigenvalue weighted by molar-refractivity contribution is -0.137. The van der Waals surface area contributed by atoms with Gasteiger partial charge >= 0.3 is 12.3 Å². The zero-order valence-corrected chi connectivity index (χ0v) is 11.5. The molecule has 104 valence electrons. The van der Waals surface area contributed by atoms with Gasteiger partial charge in [0.1, 0.15) is 5.82 Å². The predicted molar refractivity (Wildman–Crippen MR) is 65.7 cm³/mol. The van der Waals surface area contributed by atoms with Gasteiger partial charge in [-0.05, 0) is 34.2 Å². The highest BCUT2D eigenvalue weighted by Gasteiger charge is 2.41. The van der Waals surface area contributed by atoms with Crippen molar-refractivity contribution in [1.29, 1.82) is 0 Å². The molecule has 0 spiro atoms.